The molecule has 2 aromatic heterocycles. The van der Waals surface area contributed by atoms with Crippen LogP contribution in [-0.2, 0) is 4.79 Å². The van der Waals surface area contributed by atoms with E-state index < -0.39 is 5.25 Å². The number of anilines is 1. The fourth-order valence-electron chi connectivity index (χ4n) is 2.16. The molecule has 2 heterocycles. The molecular formula is C16H18N6O3S. The van der Waals surface area contributed by atoms with Gasteiger partial charge in [0.25, 0.3) is 0 Å². The first kappa shape index (κ1) is 17.8. The molecule has 1 amide bonds. The second kappa shape index (κ2) is 7.48. The molecule has 1 aromatic carbocycles. The summed E-state index contributed by atoms with van der Waals surface area (Å²) in [6.45, 7) is 3.49. The van der Waals surface area contributed by atoms with Crippen molar-refractivity contribution >= 4 is 23.5 Å². The normalized spacial score (nSPS) is 12.0. The first-order valence-electron chi connectivity index (χ1n) is 7.73. The molecule has 0 aliphatic heterocycles. The summed E-state index contributed by atoms with van der Waals surface area (Å²) < 4.78 is 11.4. The minimum absolute atomic E-state index is 0.239. The Morgan fingerprint density at radius 1 is 1.35 bits per heavy atom. The van der Waals surface area contributed by atoms with Crippen molar-refractivity contribution in [2.45, 2.75) is 24.3 Å². The van der Waals surface area contributed by atoms with Crippen molar-refractivity contribution in [3.63, 3.8) is 0 Å². The van der Waals surface area contributed by atoms with Crippen LogP contribution in [0.3, 0.4) is 0 Å². The summed E-state index contributed by atoms with van der Waals surface area (Å²) in [5.74, 6) is 8.07. The Labute approximate surface area is 153 Å². The fraction of sp³-hybridized carbons (Fsp3) is 0.250. The monoisotopic (exact) mass is 374 g/mol. The van der Waals surface area contributed by atoms with Crippen LogP contribution in [-0.4, -0.2) is 38.3 Å². The molecule has 0 saturated carbocycles. The SMILES string of the molecule is COc1ccc(-c2nnc(S[C@@H](C)C(=O)Nc3cc(C)on3)n2N)cc1. The van der Waals surface area contributed by atoms with Crippen LogP contribution in [0.5, 0.6) is 5.75 Å². The summed E-state index contributed by atoms with van der Waals surface area (Å²) in [6.07, 6.45) is 0. The Balaban J connectivity index is 1.69. The predicted molar refractivity (Wildman–Crippen MR) is 97.3 cm³/mol. The second-order valence-electron chi connectivity index (χ2n) is 5.48. The quantitative estimate of drug-likeness (QED) is 0.497. The number of rotatable bonds is 6. The zero-order chi connectivity index (χ0) is 18.7. The topological polar surface area (TPSA) is 121 Å². The van der Waals surface area contributed by atoms with Gasteiger partial charge in [0.2, 0.25) is 11.1 Å². The average molecular weight is 374 g/mol. The maximum atomic E-state index is 12.3. The van der Waals surface area contributed by atoms with Crippen molar-refractivity contribution in [2.75, 3.05) is 18.3 Å². The maximum absolute atomic E-state index is 12.3. The lowest BCUT2D eigenvalue weighted by molar-refractivity contribution is -0.115. The lowest BCUT2D eigenvalue weighted by atomic mass is 10.2. The van der Waals surface area contributed by atoms with E-state index in [9.17, 15) is 4.79 Å². The largest absolute Gasteiger partial charge is 0.497 e. The van der Waals surface area contributed by atoms with Crippen LogP contribution in [0.15, 0.2) is 40.0 Å². The number of benzene rings is 1. The van der Waals surface area contributed by atoms with Crippen molar-refractivity contribution in [1.29, 1.82) is 0 Å². The Kier molecular flexibility index (Phi) is 5.12. The minimum Gasteiger partial charge on any atom is -0.497 e. The number of nitrogen functional groups attached to an aromatic ring is 1. The van der Waals surface area contributed by atoms with E-state index in [-0.39, 0.29) is 5.91 Å². The molecule has 3 rings (SSSR count). The number of aryl methyl sites for hydroxylation is 1. The number of methoxy groups -OCH3 is 1. The molecule has 0 unspecified atom stereocenters. The zero-order valence-electron chi connectivity index (χ0n) is 14.5. The Bertz CT molecular complexity index is 905. The Morgan fingerprint density at radius 3 is 2.69 bits per heavy atom. The fourth-order valence-corrected chi connectivity index (χ4v) is 2.93. The van der Waals surface area contributed by atoms with E-state index >= 15 is 0 Å². The van der Waals surface area contributed by atoms with Crippen LogP contribution in [0.1, 0.15) is 12.7 Å². The molecule has 3 aromatic rings. The number of hydrogen-bond donors (Lipinski definition) is 2. The average Bonchev–Trinajstić information content (AvgIpc) is 3.21. The molecule has 9 nitrogen and oxygen atoms in total. The Morgan fingerprint density at radius 2 is 2.08 bits per heavy atom. The summed E-state index contributed by atoms with van der Waals surface area (Å²) in [4.78, 5) is 12.3. The molecule has 136 valence electrons. The molecular weight excluding hydrogens is 356 g/mol. The van der Waals surface area contributed by atoms with E-state index in [0.29, 0.717) is 22.6 Å². The van der Waals surface area contributed by atoms with Gasteiger partial charge in [-0.1, -0.05) is 16.9 Å². The summed E-state index contributed by atoms with van der Waals surface area (Å²) >= 11 is 1.20. The van der Waals surface area contributed by atoms with Crippen molar-refractivity contribution in [2.24, 2.45) is 0 Å². The van der Waals surface area contributed by atoms with Crippen molar-refractivity contribution in [3.8, 4) is 17.1 Å². The molecule has 1 atom stereocenters. The Hall–Kier alpha value is -3.01. The van der Waals surface area contributed by atoms with Gasteiger partial charge in [0.15, 0.2) is 11.6 Å². The lowest BCUT2D eigenvalue weighted by Crippen LogP contribution is -2.23. The van der Waals surface area contributed by atoms with Crippen molar-refractivity contribution in [3.05, 3.63) is 36.1 Å². The number of thioether (sulfide) groups is 1. The standard InChI is InChI=1S/C16H18N6O3S/c1-9-8-13(21-25-9)18-15(23)10(2)26-16-20-19-14(22(16)17)11-4-6-12(24-3)7-5-11/h4-8,10H,17H2,1-3H3,(H,18,21,23)/t10-/m0/s1. The van der Waals surface area contributed by atoms with Crippen LogP contribution >= 0.6 is 11.8 Å². The number of nitrogens with two attached hydrogens (primary N) is 1. The van der Waals surface area contributed by atoms with E-state index in [1.165, 1.54) is 16.4 Å². The van der Waals surface area contributed by atoms with E-state index in [0.717, 1.165) is 11.3 Å². The van der Waals surface area contributed by atoms with Crippen LogP contribution in [0.4, 0.5) is 5.82 Å². The van der Waals surface area contributed by atoms with Gasteiger partial charge >= 0.3 is 0 Å². The number of nitrogens with zero attached hydrogens (tertiary/aromatic N) is 4. The van der Waals surface area contributed by atoms with Crippen molar-refractivity contribution in [1.82, 2.24) is 20.0 Å². The number of carbonyl (C=O) groups excluding carboxylic acids is 1. The van der Waals surface area contributed by atoms with Crippen LogP contribution < -0.4 is 15.9 Å². The molecule has 0 bridgehead atoms. The second-order valence-corrected chi connectivity index (χ2v) is 6.78. The number of hydrogen-bond acceptors (Lipinski definition) is 8. The summed E-state index contributed by atoms with van der Waals surface area (Å²) in [6, 6.07) is 8.94. The highest BCUT2D eigenvalue weighted by Gasteiger charge is 2.21. The van der Waals surface area contributed by atoms with E-state index in [1.54, 1.807) is 27.0 Å². The van der Waals surface area contributed by atoms with E-state index in [4.69, 9.17) is 15.1 Å². The van der Waals surface area contributed by atoms with Crippen LogP contribution in [0.2, 0.25) is 0 Å². The number of aromatic nitrogens is 4. The lowest BCUT2D eigenvalue weighted by Gasteiger charge is -2.10. The number of nitrogens with one attached hydrogen (secondary N) is 1. The van der Waals surface area contributed by atoms with Gasteiger partial charge in [-0.2, -0.15) is 0 Å². The van der Waals surface area contributed by atoms with E-state index in [2.05, 4.69) is 20.7 Å². The highest BCUT2D eigenvalue weighted by atomic mass is 32.2. The highest BCUT2D eigenvalue weighted by Crippen LogP contribution is 2.26. The van der Waals surface area contributed by atoms with Crippen molar-refractivity contribution < 1.29 is 14.1 Å². The third-order valence-electron chi connectivity index (χ3n) is 3.54. The number of carbonyl (C=O) groups is 1. The molecule has 0 fully saturated rings. The van der Waals surface area contributed by atoms with Gasteiger partial charge in [0.1, 0.15) is 11.5 Å². The van der Waals surface area contributed by atoms with Gasteiger partial charge in [0, 0.05) is 11.6 Å². The van der Waals surface area contributed by atoms with Gasteiger partial charge in [0.05, 0.1) is 12.4 Å². The third kappa shape index (κ3) is 3.80. The maximum Gasteiger partial charge on any atom is 0.238 e. The smallest absolute Gasteiger partial charge is 0.238 e. The molecule has 0 radical (unpaired) electrons. The first-order chi connectivity index (χ1) is 12.5. The molecule has 0 saturated heterocycles. The molecule has 0 aliphatic carbocycles. The van der Waals surface area contributed by atoms with Crippen LogP contribution in [0, 0.1) is 6.92 Å². The van der Waals surface area contributed by atoms with Crippen LogP contribution in [0.25, 0.3) is 11.4 Å². The van der Waals surface area contributed by atoms with Gasteiger partial charge < -0.3 is 20.4 Å². The van der Waals surface area contributed by atoms with Gasteiger partial charge in [-0.25, -0.2) is 4.68 Å². The molecule has 26 heavy (non-hydrogen) atoms. The van der Waals surface area contributed by atoms with Gasteiger partial charge in [-0.3, -0.25) is 4.79 Å². The highest BCUT2D eigenvalue weighted by molar-refractivity contribution is 8.00. The minimum atomic E-state index is -0.456. The summed E-state index contributed by atoms with van der Waals surface area (Å²) in [7, 11) is 1.60. The summed E-state index contributed by atoms with van der Waals surface area (Å²) in [5, 5.41) is 14.6. The number of ether oxygens (including phenoxy) is 1. The van der Waals surface area contributed by atoms with Gasteiger partial charge in [-0.05, 0) is 38.1 Å². The third-order valence-corrected chi connectivity index (χ3v) is 4.60. The molecule has 0 spiro atoms. The summed E-state index contributed by atoms with van der Waals surface area (Å²) in [5.41, 5.74) is 0.794. The molecule has 0 aliphatic rings. The zero-order valence-corrected chi connectivity index (χ0v) is 15.3. The number of amides is 1. The van der Waals surface area contributed by atoms with Gasteiger partial charge in [-0.15, -0.1) is 10.2 Å². The van der Waals surface area contributed by atoms with E-state index in [1.807, 2.05) is 24.3 Å². The first-order valence-corrected chi connectivity index (χ1v) is 8.61. The predicted octanol–water partition coefficient (Wildman–Crippen LogP) is 2.08. The molecule has 10 heteroatoms. The molecule has 3 N–H and O–H groups in total.